The summed E-state index contributed by atoms with van der Waals surface area (Å²) in [6.07, 6.45) is 1.49. The molecule has 0 atom stereocenters. The van der Waals surface area contributed by atoms with Crippen LogP contribution in [0.25, 0.3) is 0 Å². The van der Waals surface area contributed by atoms with Gasteiger partial charge >= 0.3 is 0 Å². The highest BCUT2D eigenvalue weighted by Crippen LogP contribution is 2.23. The number of hydrogen-bond acceptors (Lipinski definition) is 7. The van der Waals surface area contributed by atoms with Crippen LogP contribution < -0.4 is 14.4 Å². The first-order valence-electron chi connectivity index (χ1n) is 9.91. The fourth-order valence-electron chi connectivity index (χ4n) is 3.22. The average Bonchev–Trinajstić information content (AvgIpc) is 3.32. The van der Waals surface area contributed by atoms with Gasteiger partial charge < -0.3 is 14.5 Å². The van der Waals surface area contributed by atoms with Gasteiger partial charge in [0, 0.05) is 36.4 Å². The molecule has 2 aromatic carbocycles. The summed E-state index contributed by atoms with van der Waals surface area (Å²) in [5.41, 5.74) is 0.516. The number of sulfonamides is 1. The van der Waals surface area contributed by atoms with Crippen LogP contribution >= 0.6 is 22.9 Å². The van der Waals surface area contributed by atoms with Gasteiger partial charge in [-0.2, -0.15) is 0 Å². The van der Waals surface area contributed by atoms with Gasteiger partial charge in [0.15, 0.2) is 11.7 Å². The number of aromatic nitrogens is 1. The molecule has 0 bridgehead atoms. The molecule has 2 amide bonds. The fourth-order valence-corrected chi connectivity index (χ4v) is 5.17. The molecule has 1 fully saturated rings. The Bertz CT molecular complexity index is 1300. The Morgan fingerprint density at radius 1 is 1.21 bits per heavy atom. The monoisotopic (exact) mass is 524 g/mol. The largest absolute Gasteiger partial charge is 0.484 e. The summed E-state index contributed by atoms with van der Waals surface area (Å²) in [6.45, 7) is 0.0199. The minimum Gasteiger partial charge on any atom is -0.484 e. The fraction of sp³-hybridized carbons (Fsp3) is 0.190. The molecule has 0 radical (unpaired) electrons. The number of ether oxygens (including phenoxy) is 1. The number of carbonyl (C=O) groups is 2. The number of anilines is 2. The smallest absolute Gasteiger partial charge is 0.263 e. The highest BCUT2D eigenvalue weighted by Gasteiger charge is 2.28. The van der Waals surface area contributed by atoms with E-state index in [2.05, 4.69) is 9.71 Å². The van der Waals surface area contributed by atoms with Gasteiger partial charge in [-0.05, 0) is 36.4 Å². The molecule has 178 valence electrons. The molecule has 1 aliphatic rings. The van der Waals surface area contributed by atoms with E-state index in [-0.39, 0.29) is 52.9 Å². The van der Waals surface area contributed by atoms with Crippen LogP contribution in [0.2, 0.25) is 5.02 Å². The third-order valence-corrected chi connectivity index (χ3v) is 7.40. The van der Waals surface area contributed by atoms with E-state index in [1.54, 1.807) is 5.38 Å². The Balaban J connectivity index is 1.34. The second-order valence-corrected chi connectivity index (χ2v) is 10.1. The maximum atomic E-state index is 13.2. The quantitative estimate of drug-likeness (QED) is 0.509. The maximum Gasteiger partial charge on any atom is 0.263 e. The summed E-state index contributed by atoms with van der Waals surface area (Å²) in [6, 6.07) is 9.63. The van der Waals surface area contributed by atoms with E-state index >= 15 is 0 Å². The lowest BCUT2D eigenvalue weighted by atomic mass is 10.2. The lowest BCUT2D eigenvalue weighted by Crippen LogP contribution is -2.53. The number of rotatable bonds is 7. The molecule has 9 nitrogen and oxygen atoms in total. The van der Waals surface area contributed by atoms with E-state index in [0.717, 1.165) is 17.4 Å². The molecule has 3 aromatic rings. The van der Waals surface area contributed by atoms with Crippen molar-refractivity contribution in [2.45, 2.75) is 4.90 Å². The summed E-state index contributed by atoms with van der Waals surface area (Å²) in [5.74, 6) is -1.07. The molecule has 0 aliphatic carbocycles. The molecule has 4 rings (SSSR count). The number of thiazole rings is 1. The first-order valence-corrected chi connectivity index (χ1v) is 12.7. The third kappa shape index (κ3) is 5.46. The van der Waals surface area contributed by atoms with Crippen molar-refractivity contribution < 1.29 is 27.1 Å². The molecule has 0 saturated carbocycles. The van der Waals surface area contributed by atoms with Crippen molar-refractivity contribution in [3.63, 3.8) is 0 Å². The van der Waals surface area contributed by atoms with Crippen molar-refractivity contribution in [1.29, 1.82) is 0 Å². The number of nitrogens with zero attached hydrogens (tertiary/aromatic N) is 3. The second kappa shape index (κ2) is 9.95. The predicted molar refractivity (Wildman–Crippen MR) is 125 cm³/mol. The van der Waals surface area contributed by atoms with Crippen LogP contribution in [-0.4, -0.2) is 56.4 Å². The van der Waals surface area contributed by atoms with Crippen molar-refractivity contribution >= 4 is 55.6 Å². The number of halogens is 2. The third-order valence-electron chi connectivity index (χ3n) is 4.94. The van der Waals surface area contributed by atoms with Gasteiger partial charge in [0.05, 0.1) is 9.92 Å². The number of piperazine rings is 1. The predicted octanol–water partition coefficient (Wildman–Crippen LogP) is 2.99. The van der Waals surface area contributed by atoms with Crippen LogP contribution in [-0.2, 0) is 19.6 Å². The molecule has 1 aliphatic heterocycles. The summed E-state index contributed by atoms with van der Waals surface area (Å²) in [5, 5.41) is 1.79. The van der Waals surface area contributed by atoms with Crippen molar-refractivity contribution in [2.75, 3.05) is 35.9 Å². The van der Waals surface area contributed by atoms with Gasteiger partial charge in [-0.15, -0.1) is 11.3 Å². The Morgan fingerprint density at radius 2 is 1.97 bits per heavy atom. The lowest BCUT2D eigenvalue weighted by molar-refractivity contribution is -0.138. The van der Waals surface area contributed by atoms with Gasteiger partial charge in [0.1, 0.15) is 18.1 Å². The highest BCUT2D eigenvalue weighted by atomic mass is 35.5. The van der Waals surface area contributed by atoms with Crippen LogP contribution in [0.3, 0.4) is 0 Å². The summed E-state index contributed by atoms with van der Waals surface area (Å²) in [7, 11) is -3.80. The van der Waals surface area contributed by atoms with Crippen LogP contribution in [0.1, 0.15) is 0 Å². The lowest BCUT2D eigenvalue weighted by Gasteiger charge is -2.34. The Morgan fingerprint density at radius 3 is 2.62 bits per heavy atom. The standard InChI is InChI=1S/C21H18ClFN4O5S2/c22-17-11-15(3-6-18(17)23)32-13-20(29)26-8-9-27(19(28)12-26)14-1-4-16(5-2-14)34(30,31)25-21-24-7-10-33-21/h1-7,10-11H,8-9,12-13H2,(H,24,25). The number of nitrogens with one attached hydrogen (secondary N) is 1. The van der Waals surface area contributed by atoms with E-state index < -0.39 is 21.7 Å². The SMILES string of the molecule is O=C(COc1ccc(F)c(Cl)c1)N1CCN(c2ccc(S(=O)(=O)Nc3nccs3)cc2)C(=O)C1. The summed E-state index contributed by atoms with van der Waals surface area (Å²) >= 11 is 6.86. The molecule has 0 unspecified atom stereocenters. The zero-order valence-electron chi connectivity index (χ0n) is 17.5. The van der Waals surface area contributed by atoms with Crippen molar-refractivity contribution in [2.24, 2.45) is 0 Å². The topological polar surface area (TPSA) is 109 Å². The van der Waals surface area contributed by atoms with Crippen molar-refractivity contribution in [1.82, 2.24) is 9.88 Å². The van der Waals surface area contributed by atoms with Crippen molar-refractivity contribution in [3.8, 4) is 5.75 Å². The highest BCUT2D eigenvalue weighted by molar-refractivity contribution is 7.93. The molecule has 34 heavy (non-hydrogen) atoms. The van der Waals surface area contributed by atoms with Crippen LogP contribution in [0.4, 0.5) is 15.2 Å². The van der Waals surface area contributed by atoms with E-state index in [0.29, 0.717) is 5.69 Å². The van der Waals surface area contributed by atoms with Crippen LogP contribution in [0.15, 0.2) is 58.9 Å². The minimum absolute atomic E-state index is 0.0331. The Hall–Kier alpha value is -3.22. The van der Waals surface area contributed by atoms with Gasteiger partial charge in [0.25, 0.3) is 15.9 Å². The van der Waals surface area contributed by atoms with Crippen LogP contribution in [0.5, 0.6) is 5.75 Å². The second-order valence-electron chi connectivity index (χ2n) is 7.16. The van der Waals surface area contributed by atoms with Crippen LogP contribution in [0, 0.1) is 5.82 Å². The zero-order chi connectivity index (χ0) is 24.3. The number of amides is 2. The molecular weight excluding hydrogens is 507 g/mol. The average molecular weight is 525 g/mol. The first-order chi connectivity index (χ1) is 16.2. The Labute approximate surface area is 203 Å². The minimum atomic E-state index is -3.80. The summed E-state index contributed by atoms with van der Waals surface area (Å²) in [4.78, 5) is 31.9. The molecule has 2 heterocycles. The molecule has 0 spiro atoms. The first kappa shape index (κ1) is 23.9. The normalized spacial score (nSPS) is 14.2. The Kier molecular flexibility index (Phi) is 7.00. The van der Waals surface area contributed by atoms with Gasteiger partial charge in [-0.3, -0.25) is 14.3 Å². The van der Waals surface area contributed by atoms with Crippen molar-refractivity contribution in [3.05, 3.63) is 64.9 Å². The number of hydrogen-bond donors (Lipinski definition) is 1. The summed E-state index contributed by atoms with van der Waals surface area (Å²) < 4.78 is 45.9. The molecule has 1 aromatic heterocycles. The molecule has 13 heteroatoms. The zero-order valence-corrected chi connectivity index (χ0v) is 19.9. The maximum absolute atomic E-state index is 13.2. The molecule has 1 N–H and O–H groups in total. The molecule has 1 saturated heterocycles. The van der Waals surface area contributed by atoms with Gasteiger partial charge in [-0.1, -0.05) is 11.6 Å². The van der Waals surface area contributed by atoms with E-state index in [9.17, 15) is 22.4 Å². The van der Waals surface area contributed by atoms with Gasteiger partial charge in [-0.25, -0.2) is 17.8 Å². The number of benzene rings is 2. The number of carbonyl (C=O) groups excluding carboxylic acids is 2. The van der Waals surface area contributed by atoms with Gasteiger partial charge in [0.2, 0.25) is 5.91 Å². The molecular formula is C21H18ClFN4O5S2. The van der Waals surface area contributed by atoms with E-state index in [1.807, 2.05) is 0 Å². The van der Waals surface area contributed by atoms with E-state index in [1.165, 1.54) is 52.4 Å². The van der Waals surface area contributed by atoms with E-state index in [4.69, 9.17) is 16.3 Å².